The van der Waals surface area contributed by atoms with Crippen LogP contribution in [0, 0.1) is 0 Å². The summed E-state index contributed by atoms with van der Waals surface area (Å²) in [4.78, 5) is 26.5. The number of nitrogens with zero attached hydrogens (tertiary/aromatic N) is 1. The van der Waals surface area contributed by atoms with Crippen LogP contribution in [0.5, 0.6) is 5.88 Å². The molecule has 0 aliphatic rings. The van der Waals surface area contributed by atoms with Gasteiger partial charge in [-0.3, -0.25) is 4.79 Å². The highest BCUT2D eigenvalue weighted by atomic mass is 16.5. The van der Waals surface area contributed by atoms with E-state index >= 15 is 0 Å². The van der Waals surface area contributed by atoms with Crippen molar-refractivity contribution in [1.29, 1.82) is 0 Å². The van der Waals surface area contributed by atoms with Gasteiger partial charge >= 0.3 is 5.97 Å². The highest BCUT2D eigenvalue weighted by Crippen LogP contribution is 2.09. The average Bonchev–Trinajstić information content (AvgIpc) is 2.37. The molecule has 98 valence electrons. The van der Waals surface area contributed by atoms with Crippen molar-refractivity contribution in [2.24, 2.45) is 0 Å². The number of pyridine rings is 1. The summed E-state index contributed by atoms with van der Waals surface area (Å²) < 4.78 is 9.57. The van der Waals surface area contributed by atoms with E-state index < -0.39 is 12.0 Å². The van der Waals surface area contributed by atoms with Gasteiger partial charge in [0.1, 0.15) is 6.04 Å². The van der Waals surface area contributed by atoms with E-state index in [1.54, 1.807) is 18.3 Å². The fourth-order valence-corrected chi connectivity index (χ4v) is 1.47. The van der Waals surface area contributed by atoms with Crippen LogP contribution in [-0.2, 0) is 20.7 Å². The number of nitrogens with one attached hydrogen (secondary N) is 1. The van der Waals surface area contributed by atoms with Gasteiger partial charge in [0.15, 0.2) is 0 Å². The van der Waals surface area contributed by atoms with Crippen LogP contribution < -0.4 is 10.1 Å². The van der Waals surface area contributed by atoms with Crippen molar-refractivity contribution in [3.05, 3.63) is 23.9 Å². The van der Waals surface area contributed by atoms with E-state index in [-0.39, 0.29) is 5.91 Å². The fraction of sp³-hybridized carbons (Fsp3) is 0.417. The van der Waals surface area contributed by atoms with Crippen molar-refractivity contribution >= 4 is 11.9 Å². The summed E-state index contributed by atoms with van der Waals surface area (Å²) in [6.07, 6.45) is 1.92. The normalized spacial score (nSPS) is 11.5. The summed E-state index contributed by atoms with van der Waals surface area (Å²) in [6, 6.07) is 2.77. The largest absolute Gasteiger partial charge is 0.481 e. The fourth-order valence-electron chi connectivity index (χ4n) is 1.47. The number of hydrogen-bond donors (Lipinski definition) is 1. The summed E-state index contributed by atoms with van der Waals surface area (Å²) in [5, 5.41) is 2.54. The Kier molecular flexibility index (Phi) is 5.10. The number of carbonyl (C=O) groups is 2. The number of hydrogen-bond acceptors (Lipinski definition) is 5. The van der Waals surface area contributed by atoms with Gasteiger partial charge in [-0.25, -0.2) is 9.78 Å². The Morgan fingerprint density at radius 3 is 2.56 bits per heavy atom. The lowest BCUT2D eigenvalue weighted by molar-refractivity contribution is -0.144. The first kappa shape index (κ1) is 14.0. The Hall–Kier alpha value is -2.11. The molecule has 0 unspecified atom stereocenters. The van der Waals surface area contributed by atoms with E-state index in [4.69, 9.17) is 4.74 Å². The summed E-state index contributed by atoms with van der Waals surface area (Å²) in [6.45, 7) is 1.35. The zero-order chi connectivity index (χ0) is 13.5. The molecule has 1 rings (SSSR count). The van der Waals surface area contributed by atoms with E-state index in [1.807, 2.05) is 0 Å². The Bertz CT molecular complexity index is 417. The van der Waals surface area contributed by atoms with Gasteiger partial charge in [0, 0.05) is 25.6 Å². The Morgan fingerprint density at radius 2 is 2.11 bits per heavy atom. The topological polar surface area (TPSA) is 77.5 Å². The monoisotopic (exact) mass is 252 g/mol. The number of methoxy groups -OCH3 is 2. The van der Waals surface area contributed by atoms with E-state index in [1.165, 1.54) is 21.1 Å². The summed E-state index contributed by atoms with van der Waals surface area (Å²) in [5.41, 5.74) is 0.806. The van der Waals surface area contributed by atoms with Crippen LogP contribution >= 0.6 is 0 Å². The second-order valence-corrected chi connectivity index (χ2v) is 3.69. The predicted octanol–water partition coefficient (Wildman–Crippen LogP) is 0.310. The van der Waals surface area contributed by atoms with Crippen molar-refractivity contribution < 1.29 is 19.1 Å². The second-order valence-electron chi connectivity index (χ2n) is 3.69. The van der Waals surface area contributed by atoms with E-state index in [9.17, 15) is 9.59 Å². The summed E-state index contributed by atoms with van der Waals surface area (Å²) in [7, 11) is 2.81. The third kappa shape index (κ3) is 4.04. The molecule has 6 heteroatoms. The number of rotatable bonds is 5. The molecular weight excluding hydrogens is 236 g/mol. The smallest absolute Gasteiger partial charge is 0.328 e. The molecule has 1 atom stereocenters. The van der Waals surface area contributed by atoms with Crippen LogP contribution in [0.2, 0.25) is 0 Å². The second kappa shape index (κ2) is 6.58. The minimum absolute atomic E-state index is 0.285. The van der Waals surface area contributed by atoms with Crippen molar-refractivity contribution in [2.45, 2.75) is 19.4 Å². The van der Waals surface area contributed by atoms with E-state index in [2.05, 4.69) is 15.0 Å². The lowest BCUT2D eigenvalue weighted by Crippen LogP contribution is -2.42. The van der Waals surface area contributed by atoms with Gasteiger partial charge in [0.25, 0.3) is 0 Å². The first-order valence-electron chi connectivity index (χ1n) is 5.40. The van der Waals surface area contributed by atoms with Crippen LogP contribution in [-0.4, -0.2) is 37.1 Å². The van der Waals surface area contributed by atoms with Crippen molar-refractivity contribution in [3.8, 4) is 5.88 Å². The Balaban J connectivity index is 2.75. The maximum Gasteiger partial charge on any atom is 0.328 e. The van der Waals surface area contributed by atoms with Crippen LogP contribution in [0.25, 0.3) is 0 Å². The highest BCUT2D eigenvalue weighted by molar-refractivity contribution is 5.83. The first-order valence-corrected chi connectivity index (χ1v) is 5.40. The third-order valence-corrected chi connectivity index (χ3v) is 2.31. The molecule has 1 N–H and O–H groups in total. The quantitative estimate of drug-likeness (QED) is 0.763. The highest BCUT2D eigenvalue weighted by Gasteiger charge is 2.20. The molecule has 1 aromatic heterocycles. The van der Waals surface area contributed by atoms with Gasteiger partial charge < -0.3 is 14.8 Å². The van der Waals surface area contributed by atoms with Crippen LogP contribution in [0.4, 0.5) is 0 Å². The number of carbonyl (C=O) groups excluding carboxylic acids is 2. The molecule has 18 heavy (non-hydrogen) atoms. The maximum absolute atomic E-state index is 11.5. The molecule has 0 saturated carbocycles. The molecule has 0 fully saturated rings. The van der Waals surface area contributed by atoms with Gasteiger partial charge in [0.05, 0.1) is 14.2 Å². The van der Waals surface area contributed by atoms with Gasteiger partial charge in [-0.05, 0) is 5.56 Å². The van der Waals surface area contributed by atoms with Gasteiger partial charge in [0.2, 0.25) is 11.8 Å². The van der Waals surface area contributed by atoms with E-state index in [0.717, 1.165) is 5.56 Å². The number of amides is 1. The molecule has 1 heterocycles. The van der Waals surface area contributed by atoms with Gasteiger partial charge in [-0.2, -0.15) is 0 Å². The molecule has 0 bridgehead atoms. The van der Waals surface area contributed by atoms with Gasteiger partial charge in [-0.1, -0.05) is 6.07 Å². The van der Waals surface area contributed by atoms with Gasteiger partial charge in [-0.15, -0.1) is 0 Å². The molecule has 1 aromatic rings. The van der Waals surface area contributed by atoms with Crippen LogP contribution in [0.15, 0.2) is 18.3 Å². The zero-order valence-corrected chi connectivity index (χ0v) is 10.6. The lowest BCUT2D eigenvalue weighted by atomic mass is 10.1. The van der Waals surface area contributed by atoms with Crippen molar-refractivity contribution in [2.75, 3.05) is 14.2 Å². The molecule has 0 aliphatic carbocycles. The van der Waals surface area contributed by atoms with Crippen LogP contribution in [0.1, 0.15) is 12.5 Å². The molecule has 0 radical (unpaired) electrons. The maximum atomic E-state index is 11.5. The molecule has 1 amide bonds. The Labute approximate surface area is 105 Å². The molecule has 0 saturated heterocycles. The minimum Gasteiger partial charge on any atom is -0.481 e. The average molecular weight is 252 g/mol. The van der Waals surface area contributed by atoms with Crippen molar-refractivity contribution in [1.82, 2.24) is 10.3 Å². The molecule has 0 aliphatic heterocycles. The SMILES string of the molecule is COC(=O)[C@@H](Cc1ccc(OC)nc1)NC(C)=O. The third-order valence-electron chi connectivity index (χ3n) is 2.31. The molecule has 6 nitrogen and oxygen atoms in total. The van der Waals surface area contributed by atoms with Crippen LogP contribution in [0.3, 0.4) is 0 Å². The first-order chi connectivity index (χ1) is 8.56. The minimum atomic E-state index is -0.706. The number of esters is 1. The number of ether oxygens (including phenoxy) is 2. The number of aromatic nitrogens is 1. The van der Waals surface area contributed by atoms with E-state index in [0.29, 0.717) is 12.3 Å². The zero-order valence-electron chi connectivity index (χ0n) is 10.6. The summed E-state index contributed by atoms with van der Waals surface area (Å²) >= 11 is 0. The lowest BCUT2D eigenvalue weighted by Gasteiger charge is -2.15. The van der Waals surface area contributed by atoms with Crippen molar-refractivity contribution in [3.63, 3.8) is 0 Å². The molecule has 0 spiro atoms. The molecular formula is C12H16N2O4. The Morgan fingerprint density at radius 1 is 1.39 bits per heavy atom. The summed E-state index contributed by atoms with van der Waals surface area (Å²) in [5.74, 6) is -0.277. The molecule has 0 aromatic carbocycles. The standard InChI is InChI=1S/C12H16N2O4/c1-8(15)14-10(12(16)18-3)6-9-4-5-11(17-2)13-7-9/h4-5,7,10H,6H2,1-3H3,(H,14,15)/t10-/m1/s1. The predicted molar refractivity (Wildman–Crippen MR) is 64.1 cm³/mol.